The first-order chi connectivity index (χ1) is 12.2. The van der Waals surface area contributed by atoms with Gasteiger partial charge < -0.3 is 15.7 Å². The predicted molar refractivity (Wildman–Crippen MR) is 99.9 cm³/mol. The molecule has 3 N–H and O–H groups in total. The molecule has 25 heavy (non-hydrogen) atoms. The van der Waals surface area contributed by atoms with Crippen LogP contribution >= 0.6 is 0 Å². The Morgan fingerprint density at radius 1 is 1.00 bits per heavy atom. The van der Waals surface area contributed by atoms with Crippen LogP contribution in [0.3, 0.4) is 0 Å². The first kappa shape index (κ1) is 16.9. The molecule has 0 unspecified atom stereocenters. The van der Waals surface area contributed by atoms with Crippen LogP contribution in [-0.4, -0.2) is 33.2 Å². The van der Waals surface area contributed by atoms with E-state index in [0.29, 0.717) is 24.7 Å². The largest absolute Gasteiger partial charge is 0.396 e. The van der Waals surface area contributed by atoms with Crippen LogP contribution in [0, 0.1) is 6.92 Å². The summed E-state index contributed by atoms with van der Waals surface area (Å²) in [7, 11) is 0. The molecule has 0 saturated carbocycles. The second kappa shape index (κ2) is 8.21. The second-order valence-corrected chi connectivity index (χ2v) is 5.67. The first-order valence-electron chi connectivity index (χ1n) is 8.23. The van der Waals surface area contributed by atoms with Gasteiger partial charge in [0.1, 0.15) is 5.82 Å². The lowest BCUT2D eigenvalue weighted by atomic mass is 10.2. The van der Waals surface area contributed by atoms with E-state index in [9.17, 15) is 0 Å². The SMILES string of the molecule is Cc1ccc(Nc2cc(-c3ccccn3)nc(NCCCO)n2)cc1. The van der Waals surface area contributed by atoms with E-state index in [1.165, 1.54) is 5.56 Å². The van der Waals surface area contributed by atoms with Gasteiger partial charge >= 0.3 is 0 Å². The Morgan fingerprint density at radius 3 is 2.56 bits per heavy atom. The number of aliphatic hydroxyl groups excluding tert-OH is 1. The number of rotatable bonds is 7. The maximum atomic E-state index is 8.95. The maximum absolute atomic E-state index is 8.95. The van der Waals surface area contributed by atoms with Crippen LogP contribution in [0.4, 0.5) is 17.5 Å². The molecule has 0 spiro atoms. The molecular weight excluding hydrogens is 314 g/mol. The third kappa shape index (κ3) is 4.74. The van der Waals surface area contributed by atoms with Gasteiger partial charge in [-0.15, -0.1) is 0 Å². The van der Waals surface area contributed by atoms with Crippen LogP contribution in [0.15, 0.2) is 54.7 Å². The highest BCUT2D eigenvalue weighted by atomic mass is 16.3. The van der Waals surface area contributed by atoms with Crippen LogP contribution in [0.1, 0.15) is 12.0 Å². The predicted octanol–water partition coefficient (Wildman–Crippen LogP) is 3.38. The fraction of sp³-hybridized carbons (Fsp3) is 0.211. The summed E-state index contributed by atoms with van der Waals surface area (Å²) < 4.78 is 0. The summed E-state index contributed by atoms with van der Waals surface area (Å²) in [5.41, 5.74) is 3.67. The summed E-state index contributed by atoms with van der Waals surface area (Å²) in [6.45, 7) is 2.78. The quantitative estimate of drug-likeness (QED) is 0.574. The fourth-order valence-corrected chi connectivity index (χ4v) is 2.30. The minimum Gasteiger partial charge on any atom is -0.396 e. The van der Waals surface area contributed by atoms with Crippen molar-refractivity contribution >= 4 is 17.5 Å². The van der Waals surface area contributed by atoms with Crippen molar-refractivity contribution in [2.75, 3.05) is 23.8 Å². The van der Waals surface area contributed by atoms with Crippen molar-refractivity contribution in [1.82, 2.24) is 15.0 Å². The Morgan fingerprint density at radius 2 is 1.84 bits per heavy atom. The molecule has 0 aliphatic carbocycles. The summed E-state index contributed by atoms with van der Waals surface area (Å²) in [6.07, 6.45) is 2.38. The molecule has 0 radical (unpaired) electrons. The normalized spacial score (nSPS) is 10.5. The van der Waals surface area contributed by atoms with E-state index in [1.54, 1.807) is 6.20 Å². The van der Waals surface area contributed by atoms with E-state index >= 15 is 0 Å². The monoisotopic (exact) mass is 335 g/mol. The van der Waals surface area contributed by atoms with E-state index in [2.05, 4.69) is 32.5 Å². The molecule has 6 heteroatoms. The third-order valence-corrected chi connectivity index (χ3v) is 3.60. The van der Waals surface area contributed by atoms with Crippen molar-refractivity contribution in [3.05, 3.63) is 60.3 Å². The van der Waals surface area contributed by atoms with E-state index < -0.39 is 0 Å². The number of aromatic nitrogens is 3. The summed E-state index contributed by atoms with van der Waals surface area (Å²) >= 11 is 0. The van der Waals surface area contributed by atoms with E-state index in [0.717, 1.165) is 17.1 Å². The highest BCUT2D eigenvalue weighted by Gasteiger charge is 2.08. The topological polar surface area (TPSA) is 83.0 Å². The van der Waals surface area contributed by atoms with Crippen molar-refractivity contribution in [2.45, 2.75) is 13.3 Å². The summed E-state index contributed by atoms with van der Waals surface area (Å²) in [4.78, 5) is 13.4. The first-order valence-corrected chi connectivity index (χ1v) is 8.23. The van der Waals surface area contributed by atoms with Crippen LogP contribution in [0.2, 0.25) is 0 Å². The average Bonchev–Trinajstić information content (AvgIpc) is 2.64. The van der Waals surface area contributed by atoms with Gasteiger partial charge in [-0.3, -0.25) is 4.98 Å². The van der Waals surface area contributed by atoms with Crippen molar-refractivity contribution < 1.29 is 5.11 Å². The molecule has 3 aromatic rings. The number of aryl methyl sites for hydroxylation is 1. The lowest BCUT2D eigenvalue weighted by Crippen LogP contribution is -2.09. The molecule has 3 rings (SSSR count). The second-order valence-electron chi connectivity index (χ2n) is 5.67. The number of pyridine rings is 1. The molecule has 0 saturated heterocycles. The molecule has 0 aliphatic rings. The van der Waals surface area contributed by atoms with Crippen LogP contribution in [0.25, 0.3) is 11.4 Å². The lowest BCUT2D eigenvalue weighted by Gasteiger charge is -2.11. The number of nitrogens with one attached hydrogen (secondary N) is 2. The molecule has 2 aromatic heterocycles. The van der Waals surface area contributed by atoms with E-state index in [1.807, 2.05) is 48.5 Å². The minimum absolute atomic E-state index is 0.126. The molecular formula is C19H21N5O. The van der Waals surface area contributed by atoms with Gasteiger partial charge in [0.15, 0.2) is 0 Å². The molecule has 128 valence electrons. The van der Waals surface area contributed by atoms with Crippen LogP contribution in [-0.2, 0) is 0 Å². The standard InChI is InChI=1S/C19H21N5O/c1-14-6-8-15(9-7-14)22-18-13-17(16-5-2-3-10-20-16)23-19(24-18)21-11-4-12-25/h2-3,5-10,13,25H,4,11-12H2,1H3,(H2,21,22,23,24). The molecule has 0 aliphatic heterocycles. The number of aliphatic hydroxyl groups is 1. The Labute approximate surface area is 147 Å². The number of hydrogen-bond donors (Lipinski definition) is 3. The summed E-state index contributed by atoms with van der Waals surface area (Å²) in [6, 6.07) is 15.7. The number of hydrogen-bond acceptors (Lipinski definition) is 6. The highest BCUT2D eigenvalue weighted by Crippen LogP contribution is 2.22. The zero-order chi connectivity index (χ0) is 17.5. The molecule has 1 aromatic carbocycles. The molecule has 0 atom stereocenters. The Bertz CT molecular complexity index is 806. The van der Waals surface area contributed by atoms with Crippen LogP contribution < -0.4 is 10.6 Å². The van der Waals surface area contributed by atoms with E-state index in [4.69, 9.17) is 5.11 Å². The van der Waals surface area contributed by atoms with Gasteiger partial charge in [0, 0.05) is 31.1 Å². The Hall–Kier alpha value is -2.99. The van der Waals surface area contributed by atoms with E-state index in [-0.39, 0.29) is 6.61 Å². The Balaban J connectivity index is 1.89. The van der Waals surface area contributed by atoms with Gasteiger partial charge in [-0.1, -0.05) is 23.8 Å². The number of benzene rings is 1. The summed E-state index contributed by atoms with van der Waals surface area (Å²) in [5.74, 6) is 1.19. The minimum atomic E-state index is 0.126. The number of nitrogens with zero attached hydrogens (tertiary/aromatic N) is 3. The van der Waals surface area contributed by atoms with Gasteiger partial charge in [-0.25, -0.2) is 4.98 Å². The zero-order valence-corrected chi connectivity index (χ0v) is 14.1. The molecule has 0 amide bonds. The maximum Gasteiger partial charge on any atom is 0.225 e. The van der Waals surface area contributed by atoms with Gasteiger partial charge in [-0.05, 0) is 37.6 Å². The number of anilines is 3. The zero-order valence-electron chi connectivity index (χ0n) is 14.1. The summed E-state index contributed by atoms with van der Waals surface area (Å²) in [5, 5.41) is 15.4. The molecule has 0 fully saturated rings. The third-order valence-electron chi connectivity index (χ3n) is 3.60. The van der Waals surface area contributed by atoms with Gasteiger partial charge in [0.05, 0.1) is 11.4 Å². The Kier molecular flexibility index (Phi) is 5.53. The van der Waals surface area contributed by atoms with Crippen molar-refractivity contribution in [3.63, 3.8) is 0 Å². The highest BCUT2D eigenvalue weighted by molar-refractivity contribution is 5.65. The molecule has 6 nitrogen and oxygen atoms in total. The van der Waals surface area contributed by atoms with Gasteiger partial charge in [0.25, 0.3) is 0 Å². The average molecular weight is 335 g/mol. The molecule has 0 bridgehead atoms. The van der Waals surface area contributed by atoms with Crippen molar-refractivity contribution in [2.24, 2.45) is 0 Å². The lowest BCUT2D eigenvalue weighted by molar-refractivity contribution is 0.292. The fourth-order valence-electron chi connectivity index (χ4n) is 2.30. The van der Waals surface area contributed by atoms with Crippen molar-refractivity contribution in [1.29, 1.82) is 0 Å². The van der Waals surface area contributed by atoms with Gasteiger partial charge in [0.2, 0.25) is 5.95 Å². The molecule has 2 heterocycles. The van der Waals surface area contributed by atoms with Crippen molar-refractivity contribution in [3.8, 4) is 11.4 Å². The smallest absolute Gasteiger partial charge is 0.225 e. The van der Waals surface area contributed by atoms with Crippen LogP contribution in [0.5, 0.6) is 0 Å². The van der Waals surface area contributed by atoms with Gasteiger partial charge in [-0.2, -0.15) is 4.98 Å².